The molecule has 0 aliphatic rings. The number of nitrogens with one attached hydrogen (secondary N) is 1. The van der Waals surface area contributed by atoms with E-state index in [0.717, 1.165) is 0 Å². The van der Waals surface area contributed by atoms with Gasteiger partial charge in [0, 0.05) is 21.3 Å². The molecule has 0 bridgehead atoms. The molecular weight excluding hydrogens is 391 g/mol. The normalized spacial score (nSPS) is 10.5. The minimum atomic E-state index is -2.93. The second-order valence-corrected chi connectivity index (χ2v) is 5.80. The Morgan fingerprint density at radius 2 is 1.65 bits per heavy atom. The SMILES string of the molecule is O=C(COC(=O)Cc1c(Cl)cccc1Cl)Nc1ccc(OC(F)F)cc1. The van der Waals surface area contributed by atoms with E-state index < -0.39 is 25.1 Å². The third kappa shape index (κ3) is 6.16. The molecule has 0 fully saturated rings. The summed E-state index contributed by atoms with van der Waals surface area (Å²) in [6.07, 6.45) is -0.175. The molecule has 5 nitrogen and oxygen atoms in total. The first-order chi connectivity index (χ1) is 12.3. The van der Waals surface area contributed by atoms with Crippen molar-refractivity contribution >= 4 is 40.8 Å². The molecule has 0 spiro atoms. The summed E-state index contributed by atoms with van der Waals surface area (Å²) in [4.78, 5) is 23.6. The molecule has 0 saturated carbocycles. The number of anilines is 1. The zero-order valence-corrected chi connectivity index (χ0v) is 14.7. The van der Waals surface area contributed by atoms with E-state index in [9.17, 15) is 18.4 Å². The van der Waals surface area contributed by atoms with Gasteiger partial charge in [0.2, 0.25) is 0 Å². The van der Waals surface area contributed by atoms with Crippen molar-refractivity contribution < 1.29 is 27.8 Å². The van der Waals surface area contributed by atoms with Crippen LogP contribution in [0.4, 0.5) is 14.5 Å². The van der Waals surface area contributed by atoms with Gasteiger partial charge in [0.25, 0.3) is 5.91 Å². The first-order valence-electron chi connectivity index (χ1n) is 7.28. The number of hydrogen-bond acceptors (Lipinski definition) is 4. The fourth-order valence-electron chi connectivity index (χ4n) is 1.96. The van der Waals surface area contributed by atoms with Gasteiger partial charge in [0.05, 0.1) is 6.42 Å². The van der Waals surface area contributed by atoms with E-state index in [1.165, 1.54) is 24.3 Å². The summed E-state index contributed by atoms with van der Waals surface area (Å²) in [6, 6.07) is 10.1. The highest BCUT2D eigenvalue weighted by Crippen LogP contribution is 2.25. The van der Waals surface area contributed by atoms with E-state index in [4.69, 9.17) is 27.9 Å². The van der Waals surface area contributed by atoms with Gasteiger partial charge in [-0.3, -0.25) is 9.59 Å². The molecule has 0 unspecified atom stereocenters. The Morgan fingerprint density at radius 3 is 2.23 bits per heavy atom. The van der Waals surface area contributed by atoms with Crippen LogP contribution in [-0.2, 0) is 20.7 Å². The highest BCUT2D eigenvalue weighted by molar-refractivity contribution is 6.36. The van der Waals surface area contributed by atoms with Crippen LogP contribution in [0.3, 0.4) is 0 Å². The van der Waals surface area contributed by atoms with Crippen LogP contribution in [0.15, 0.2) is 42.5 Å². The highest BCUT2D eigenvalue weighted by Gasteiger charge is 2.13. The van der Waals surface area contributed by atoms with E-state index >= 15 is 0 Å². The van der Waals surface area contributed by atoms with Crippen LogP contribution in [0.1, 0.15) is 5.56 Å². The first kappa shape index (κ1) is 19.9. The van der Waals surface area contributed by atoms with Gasteiger partial charge in [-0.1, -0.05) is 29.3 Å². The number of alkyl halides is 2. The summed E-state index contributed by atoms with van der Waals surface area (Å²) >= 11 is 11.9. The van der Waals surface area contributed by atoms with Gasteiger partial charge >= 0.3 is 12.6 Å². The fraction of sp³-hybridized carbons (Fsp3) is 0.176. The number of amides is 1. The Labute approximate surface area is 157 Å². The van der Waals surface area contributed by atoms with Crippen molar-refractivity contribution in [2.24, 2.45) is 0 Å². The second kappa shape index (κ2) is 9.35. The number of carbonyl (C=O) groups excluding carboxylic acids is 2. The maximum Gasteiger partial charge on any atom is 0.387 e. The third-order valence-electron chi connectivity index (χ3n) is 3.11. The smallest absolute Gasteiger partial charge is 0.387 e. The van der Waals surface area contributed by atoms with Crippen LogP contribution >= 0.6 is 23.2 Å². The van der Waals surface area contributed by atoms with E-state index in [2.05, 4.69) is 10.1 Å². The van der Waals surface area contributed by atoms with Crippen LogP contribution in [0.5, 0.6) is 5.75 Å². The van der Waals surface area contributed by atoms with Gasteiger partial charge in [-0.2, -0.15) is 8.78 Å². The number of rotatable bonds is 7. The largest absolute Gasteiger partial charge is 0.455 e. The van der Waals surface area contributed by atoms with Crippen LogP contribution in [0.2, 0.25) is 10.0 Å². The van der Waals surface area contributed by atoms with E-state index in [1.807, 2.05) is 0 Å². The fourth-order valence-corrected chi connectivity index (χ4v) is 2.49. The van der Waals surface area contributed by atoms with E-state index in [1.54, 1.807) is 18.2 Å². The maximum absolute atomic E-state index is 12.1. The molecule has 2 aromatic carbocycles. The first-order valence-corrected chi connectivity index (χ1v) is 8.04. The van der Waals surface area contributed by atoms with E-state index in [-0.39, 0.29) is 12.2 Å². The Bertz CT molecular complexity index is 765. The molecule has 26 heavy (non-hydrogen) atoms. The average Bonchev–Trinajstić information content (AvgIpc) is 2.58. The topological polar surface area (TPSA) is 64.6 Å². The molecule has 138 valence electrons. The number of halogens is 4. The monoisotopic (exact) mass is 403 g/mol. The zero-order chi connectivity index (χ0) is 19.1. The molecule has 0 aromatic heterocycles. The predicted octanol–water partition coefficient (Wildman–Crippen LogP) is 4.32. The number of benzene rings is 2. The number of carbonyl (C=O) groups is 2. The Morgan fingerprint density at radius 1 is 1.04 bits per heavy atom. The van der Waals surface area contributed by atoms with Crippen molar-refractivity contribution in [1.82, 2.24) is 0 Å². The van der Waals surface area contributed by atoms with Crippen molar-refractivity contribution in [2.45, 2.75) is 13.0 Å². The number of hydrogen-bond donors (Lipinski definition) is 1. The lowest BCUT2D eigenvalue weighted by Gasteiger charge is -2.09. The lowest BCUT2D eigenvalue weighted by Crippen LogP contribution is -2.21. The van der Waals surface area contributed by atoms with Gasteiger partial charge < -0.3 is 14.8 Å². The molecule has 1 amide bonds. The molecule has 0 atom stereocenters. The molecular formula is C17H13Cl2F2NO4. The Balaban J connectivity index is 1.82. The summed E-state index contributed by atoms with van der Waals surface area (Å²) in [5, 5.41) is 3.10. The van der Waals surface area contributed by atoms with Crippen LogP contribution in [0, 0.1) is 0 Å². The van der Waals surface area contributed by atoms with Crippen molar-refractivity contribution in [3.63, 3.8) is 0 Å². The Kier molecular flexibility index (Phi) is 7.17. The molecule has 0 aliphatic heterocycles. The van der Waals surface area contributed by atoms with Crippen molar-refractivity contribution in [3.8, 4) is 5.75 Å². The highest BCUT2D eigenvalue weighted by atomic mass is 35.5. The number of ether oxygens (including phenoxy) is 2. The van der Waals surface area contributed by atoms with Crippen LogP contribution in [0.25, 0.3) is 0 Å². The van der Waals surface area contributed by atoms with Crippen molar-refractivity contribution in [2.75, 3.05) is 11.9 Å². The summed E-state index contributed by atoms with van der Waals surface area (Å²) in [5.74, 6) is -1.30. The average molecular weight is 404 g/mol. The van der Waals surface area contributed by atoms with E-state index in [0.29, 0.717) is 21.3 Å². The zero-order valence-electron chi connectivity index (χ0n) is 13.2. The molecule has 1 N–H and O–H groups in total. The minimum Gasteiger partial charge on any atom is -0.455 e. The van der Waals surface area contributed by atoms with Gasteiger partial charge in [-0.25, -0.2) is 0 Å². The van der Waals surface area contributed by atoms with Gasteiger partial charge in [-0.15, -0.1) is 0 Å². The summed E-state index contributed by atoms with van der Waals surface area (Å²) < 4.78 is 33.2. The minimum absolute atomic E-state index is 0.0407. The van der Waals surface area contributed by atoms with Gasteiger partial charge in [0.15, 0.2) is 6.61 Å². The predicted molar refractivity (Wildman–Crippen MR) is 92.8 cm³/mol. The standard InChI is InChI=1S/C17H13Cl2F2NO4/c18-13-2-1-3-14(19)12(13)8-16(24)25-9-15(23)22-10-4-6-11(7-5-10)26-17(20)21/h1-7,17H,8-9H2,(H,22,23). The molecule has 0 radical (unpaired) electrons. The summed E-state index contributed by atoms with van der Waals surface area (Å²) in [5.41, 5.74) is 0.748. The molecule has 0 heterocycles. The number of esters is 1. The second-order valence-electron chi connectivity index (χ2n) is 4.99. The van der Waals surface area contributed by atoms with Gasteiger partial charge in [-0.05, 0) is 36.4 Å². The maximum atomic E-state index is 12.1. The summed E-state index contributed by atoms with van der Waals surface area (Å²) in [6.45, 7) is -3.45. The quantitative estimate of drug-likeness (QED) is 0.699. The van der Waals surface area contributed by atoms with Crippen LogP contribution < -0.4 is 10.1 Å². The molecule has 2 rings (SSSR count). The Hall–Kier alpha value is -2.38. The van der Waals surface area contributed by atoms with Crippen LogP contribution in [-0.4, -0.2) is 25.1 Å². The molecule has 0 aliphatic carbocycles. The molecule has 0 saturated heterocycles. The molecule has 9 heteroatoms. The third-order valence-corrected chi connectivity index (χ3v) is 3.82. The molecule has 2 aromatic rings. The lowest BCUT2D eigenvalue weighted by molar-refractivity contribution is -0.146. The summed E-state index contributed by atoms with van der Waals surface area (Å²) in [7, 11) is 0. The van der Waals surface area contributed by atoms with Crippen molar-refractivity contribution in [1.29, 1.82) is 0 Å². The lowest BCUT2D eigenvalue weighted by atomic mass is 10.1. The van der Waals surface area contributed by atoms with Gasteiger partial charge in [0.1, 0.15) is 5.75 Å². The van der Waals surface area contributed by atoms with Crippen molar-refractivity contribution in [3.05, 3.63) is 58.1 Å².